The van der Waals surface area contributed by atoms with Gasteiger partial charge in [0.05, 0.1) is 0 Å². The monoisotopic (exact) mass is 199 g/mol. The van der Waals surface area contributed by atoms with E-state index in [2.05, 4.69) is 12.2 Å². The van der Waals surface area contributed by atoms with E-state index < -0.39 is 12.4 Å². The molecule has 1 saturated carbocycles. The number of nitrogens with one attached hydrogen (secondary N) is 1. The van der Waals surface area contributed by atoms with Gasteiger partial charge in [-0.05, 0) is 31.6 Å². The smallest absolute Gasteiger partial charge is 0.312 e. The molecule has 0 aliphatic heterocycles. The van der Waals surface area contributed by atoms with Crippen LogP contribution in [0.25, 0.3) is 0 Å². The van der Waals surface area contributed by atoms with E-state index in [-0.39, 0.29) is 11.9 Å². The molecule has 80 valence electrons. The van der Waals surface area contributed by atoms with E-state index in [0.717, 1.165) is 31.6 Å². The fourth-order valence-electron chi connectivity index (χ4n) is 1.82. The molecule has 14 heavy (non-hydrogen) atoms. The second kappa shape index (κ2) is 4.98. The third kappa shape index (κ3) is 3.77. The highest BCUT2D eigenvalue weighted by atomic mass is 16.4. The molecule has 0 unspecified atom stereocenters. The Morgan fingerprint density at radius 1 is 1.29 bits per heavy atom. The van der Waals surface area contributed by atoms with Crippen molar-refractivity contribution >= 4 is 11.9 Å². The maximum Gasteiger partial charge on any atom is 0.312 e. The molecule has 0 spiro atoms. The third-order valence-corrected chi connectivity index (χ3v) is 2.69. The summed E-state index contributed by atoms with van der Waals surface area (Å²) in [5, 5.41) is 11.1. The van der Waals surface area contributed by atoms with Crippen molar-refractivity contribution in [3.05, 3.63) is 0 Å². The maximum absolute atomic E-state index is 11.1. The number of hydrogen-bond donors (Lipinski definition) is 2. The molecule has 1 rings (SSSR count). The third-order valence-electron chi connectivity index (χ3n) is 2.69. The summed E-state index contributed by atoms with van der Waals surface area (Å²) in [6.07, 6.45) is 3.79. The van der Waals surface area contributed by atoms with Crippen molar-refractivity contribution in [2.75, 3.05) is 0 Å². The molecule has 1 aliphatic rings. The number of carbonyl (C=O) groups excluding carboxylic acids is 1. The maximum atomic E-state index is 11.1. The van der Waals surface area contributed by atoms with Crippen LogP contribution in [0.2, 0.25) is 0 Å². The first-order valence-electron chi connectivity index (χ1n) is 5.09. The van der Waals surface area contributed by atoms with Gasteiger partial charge in [0.2, 0.25) is 5.91 Å². The summed E-state index contributed by atoms with van der Waals surface area (Å²) in [5.41, 5.74) is 0. The van der Waals surface area contributed by atoms with Crippen LogP contribution in [0, 0.1) is 5.92 Å². The average Bonchev–Trinajstić information content (AvgIpc) is 2.07. The largest absolute Gasteiger partial charge is 0.481 e. The van der Waals surface area contributed by atoms with Crippen LogP contribution in [0.3, 0.4) is 0 Å². The van der Waals surface area contributed by atoms with Crippen LogP contribution in [-0.2, 0) is 9.59 Å². The predicted molar refractivity (Wildman–Crippen MR) is 51.8 cm³/mol. The predicted octanol–water partition coefficient (Wildman–Crippen LogP) is 1.16. The minimum atomic E-state index is -1.06. The first-order chi connectivity index (χ1) is 6.58. The van der Waals surface area contributed by atoms with E-state index in [1.54, 1.807) is 0 Å². The molecular weight excluding hydrogens is 182 g/mol. The van der Waals surface area contributed by atoms with Gasteiger partial charge >= 0.3 is 5.97 Å². The van der Waals surface area contributed by atoms with Crippen LogP contribution in [0.5, 0.6) is 0 Å². The number of carboxylic acid groups (broad SMARTS) is 1. The first-order valence-corrected chi connectivity index (χ1v) is 5.09. The van der Waals surface area contributed by atoms with Crippen LogP contribution >= 0.6 is 0 Å². The lowest BCUT2D eigenvalue weighted by Crippen LogP contribution is -2.38. The molecule has 0 bridgehead atoms. The zero-order valence-corrected chi connectivity index (χ0v) is 8.45. The molecule has 0 aromatic carbocycles. The molecule has 0 radical (unpaired) electrons. The number of rotatable bonds is 3. The Hall–Kier alpha value is -1.06. The van der Waals surface area contributed by atoms with Crippen molar-refractivity contribution in [1.82, 2.24) is 5.32 Å². The van der Waals surface area contributed by atoms with Gasteiger partial charge in [-0.3, -0.25) is 9.59 Å². The van der Waals surface area contributed by atoms with E-state index in [1.807, 2.05) is 0 Å². The molecule has 0 aromatic rings. The molecule has 0 atom stereocenters. The molecular formula is C10H17NO3. The van der Waals surface area contributed by atoms with Gasteiger partial charge < -0.3 is 10.4 Å². The Bertz CT molecular complexity index is 219. The summed E-state index contributed by atoms with van der Waals surface area (Å²) >= 11 is 0. The quantitative estimate of drug-likeness (QED) is 0.670. The van der Waals surface area contributed by atoms with Crippen LogP contribution in [-0.4, -0.2) is 23.0 Å². The van der Waals surface area contributed by atoms with Gasteiger partial charge in [-0.25, -0.2) is 0 Å². The molecule has 1 fully saturated rings. The van der Waals surface area contributed by atoms with Crippen LogP contribution in [0.4, 0.5) is 0 Å². The summed E-state index contributed by atoms with van der Waals surface area (Å²) in [4.78, 5) is 21.4. The van der Waals surface area contributed by atoms with Gasteiger partial charge in [0, 0.05) is 6.04 Å². The normalized spacial score (nSPS) is 26.9. The number of carbonyl (C=O) groups is 2. The first kappa shape index (κ1) is 11.0. The Morgan fingerprint density at radius 2 is 1.86 bits per heavy atom. The Balaban J connectivity index is 2.24. The van der Waals surface area contributed by atoms with E-state index in [9.17, 15) is 9.59 Å². The number of carboxylic acids is 1. The van der Waals surface area contributed by atoms with Crippen LogP contribution in [0.1, 0.15) is 39.0 Å². The summed E-state index contributed by atoms with van der Waals surface area (Å²) in [5.74, 6) is -0.689. The van der Waals surface area contributed by atoms with Crippen molar-refractivity contribution in [3.8, 4) is 0 Å². The summed E-state index contributed by atoms with van der Waals surface area (Å²) in [7, 11) is 0. The number of hydrogen-bond acceptors (Lipinski definition) is 2. The van der Waals surface area contributed by atoms with E-state index in [1.165, 1.54) is 0 Å². The minimum Gasteiger partial charge on any atom is -0.481 e. The summed E-state index contributed by atoms with van der Waals surface area (Å²) in [6, 6.07) is 0.193. The molecule has 4 nitrogen and oxygen atoms in total. The topological polar surface area (TPSA) is 66.4 Å². The van der Waals surface area contributed by atoms with Gasteiger partial charge in [-0.15, -0.1) is 0 Å². The Morgan fingerprint density at radius 3 is 2.36 bits per heavy atom. The Kier molecular flexibility index (Phi) is 3.92. The fourth-order valence-corrected chi connectivity index (χ4v) is 1.82. The standard InChI is InChI=1S/C10H17NO3/c1-7-2-4-8(5-3-7)11-9(12)6-10(13)14/h7-8H,2-6H2,1H3,(H,11,12)(H,13,14). The molecule has 4 heteroatoms. The minimum absolute atomic E-state index is 0.193. The summed E-state index contributed by atoms with van der Waals surface area (Å²) in [6.45, 7) is 2.20. The number of aliphatic carboxylic acids is 1. The van der Waals surface area contributed by atoms with Gasteiger partial charge in [-0.1, -0.05) is 6.92 Å². The van der Waals surface area contributed by atoms with Crippen LogP contribution < -0.4 is 5.32 Å². The summed E-state index contributed by atoms with van der Waals surface area (Å²) < 4.78 is 0. The molecule has 0 aromatic heterocycles. The molecule has 2 N–H and O–H groups in total. The van der Waals surface area contributed by atoms with Crippen molar-refractivity contribution in [2.24, 2.45) is 5.92 Å². The lowest BCUT2D eigenvalue weighted by atomic mass is 9.87. The highest BCUT2D eigenvalue weighted by molar-refractivity contribution is 5.93. The van der Waals surface area contributed by atoms with Gasteiger partial charge in [0.1, 0.15) is 6.42 Å². The molecule has 0 heterocycles. The highest BCUT2D eigenvalue weighted by Crippen LogP contribution is 2.23. The highest BCUT2D eigenvalue weighted by Gasteiger charge is 2.20. The average molecular weight is 199 g/mol. The lowest BCUT2D eigenvalue weighted by Gasteiger charge is -2.26. The van der Waals surface area contributed by atoms with Crippen molar-refractivity contribution in [1.29, 1.82) is 0 Å². The van der Waals surface area contributed by atoms with Gasteiger partial charge in [0.25, 0.3) is 0 Å². The molecule has 0 saturated heterocycles. The SMILES string of the molecule is CC1CCC(NC(=O)CC(=O)O)CC1. The lowest BCUT2D eigenvalue weighted by molar-refractivity contribution is -0.140. The molecule has 1 amide bonds. The Labute approximate surface area is 83.7 Å². The second-order valence-electron chi connectivity index (χ2n) is 4.09. The number of amides is 1. The van der Waals surface area contributed by atoms with Crippen molar-refractivity contribution in [3.63, 3.8) is 0 Å². The zero-order valence-electron chi connectivity index (χ0n) is 8.45. The van der Waals surface area contributed by atoms with Crippen molar-refractivity contribution < 1.29 is 14.7 Å². The zero-order chi connectivity index (χ0) is 10.6. The molecule has 1 aliphatic carbocycles. The van der Waals surface area contributed by atoms with E-state index in [4.69, 9.17) is 5.11 Å². The van der Waals surface area contributed by atoms with E-state index in [0.29, 0.717) is 0 Å². The van der Waals surface area contributed by atoms with Crippen LogP contribution in [0.15, 0.2) is 0 Å². The van der Waals surface area contributed by atoms with E-state index >= 15 is 0 Å². The van der Waals surface area contributed by atoms with Gasteiger partial charge in [0.15, 0.2) is 0 Å². The van der Waals surface area contributed by atoms with Crippen molar-refractivity contribution in [2.45, 2.75) is 45.1 Å². The van der Waals surface area contributed by atoms with Gasteiger partial charge in [-0.2, -0.15) is 0 Å². The fraction of sp³-hybridized carbons (Fsp3) is 0.800. The second-order valence-corrected chi connectivity index (χ2v) is 4.09.